The van der Waals surface area contributed by atoms with E-state index in [0.29, 0.717) is 5.88 Å². The number of nitrogens with zero attached hydrogens (tertiary/aromatic N) is 2. The lowest BCUT2D eigenvalue weighted by molar-refractivity contribution is 0.267. The Morgan fingerprint density at radius 3 is 3.07 bits per heavy atom. The van der Waals surface area contributed by atoms with Gasteiger partial charge in [0, 0.05) is 12.6 Å². The van der Waals surface area contributed by atoms with Crippen LogP contribution in [-0.2, 0) is 0 Å². The van der Waals surface area contributed by atoms with Crippen LogP contribution in [0.5, 0.6) is 5.88 Å². The third-order valence-electron chi connectivity index (χ3n) is 1.73. The molecule has 0 aliphatic heterocycles. The van der Waals surface area contributed by atoms with Crippen LogP contribution in [0.4, 0.5) is 5.82 Å². The van der Waals surface area contributed by atoms with Crippen LogP contribution in [0.2, 0.25) is 0 Å². The largest absolute Gasteiger partial charge is 0.461 e. The Morgan fingerprint density at radius 1 is 1.60 bits per heavy atom. The van der Waals surface area contributed by atoms with Crippen molar-refractivity contribution >= 4 is 5.82 Å². The van der Waals surface area contributed by atoms with Crippen LogP contribution in [0.3, 0.4) is 0 Å². The Kier molecular flexibility index (Phi) is 4.42. The fourth-order valence-electron chi connectivity index (χ4n) is 0.969. The molecule has 15 heavy (non-hydrogen) atoms. The maximum absolute atomic E-state index is 5.36. The van der Waals surface area contributed by atoms with E-state index in [1.54, 1.807) is 13.0 Å². The van der Waals surface area contributed by atoms with Crippen molar-refractivity contribution in [2.45, 2.75) is 26.4 Å². The molecule has 0 amide bonds. The first-order valence-electron chi connectivity index (χ1n) is 4.95. The first-order chi connectivity index (χ1) is 7.26. The Bertz CT molecular complexity index is 346. The van der Waals surface area contributed by atoms with Crippen molar-refractivity contribution in [3.05, 3.63) is 12.4 Å². The molecule has 0 aliphatic rings. The van der Waals surface area contributed by atoms with Gasteiger partial charge >= 0.3 is 0 Å². The van der Waals surface area contributed by atoms with Crippen molar-refractivity contribution in [2.24, 2.45) is 0 Å². The van der Waals surface area contributed by atoms with Gasteiger partial charge in [-0.05, 0) is 13.3 Å². The molecular weight excluding hydrogens is 190 g/mol. The second-order valence-electron chi connectivity index (χ2n) is 3.10. The summed E-state index contributed by atoms with van der Waals surface area (Å²) in [6.45, 7) is 4.76. The first kappa shape index (κ1) is 11.3. The zero-order chi connectivity index (χ0) is 11.1. The molecule has 1 unspecified atom stereocenters. The molecule has 0 saturated heterocycles. The van der Waals surface area contributed by atoms with Crippen LogP contribution < -0.4 is 10.1 Å². The average Bonchev–Trinajstić information content (AvgIpc) is 2.26. The maximum atomic E-state index is 5.36. The van der Waals surface area contributed by atoms with E-state index in [1.807, 2.05) is 0 Å². The predicted molar refractivity (Wildman–Crippen MR) is 59.7 cm³/mol. The van der Waals surface area contributed by atoms with Crippen LogP contribution in [0.15, 0.2) is 12.4 Å². The number of hydrogen-bond acceptors (Lipinski definition) is 4. The zero-order valence-electron chi connectivity index (χ0n) is 9.03. The van der Waals surface area contributed by atoms with Crippen LogP contribution in [0.1, 0.15) is 20.3 Å². The molecule has 0 aliphatic carbocycles. The lowest BCUT2D eigenvalue weighted by Gasteiger charge is -2.09. The molecule has 0 spiro atoms. The molecule has 4 nitrogen and oxygen atoms in total. The summed E-state index contributed by atoms with van der Waals surface area (Å²) >= 11 is 0. The van der Waals surface area contributed by atoms with E-state index < -0.39 is 0 Å². The van der Waals surface area contributed by atoms with Crippen molar-refractivity contribution in [1.29, 1.82) is 0 Å². The third-order valence-corrected chi connectivity index (χ3v) is 1.73. The fraction of sp³-hybridized carbons (Fsp3) is 0.455. The molecule has 4 heteroatoms. The number of ether oxygens (including phenoxy) is 1. The van der Waals surface area contributed by atoms with E-state index in [9.17, 15) is 0 Å². The van der Waals surface area contributed by atoms with Crippen LogP contribution in [0.25, 0.3) is 0 Å². The Morgan fingerprint density at radius 2 is 2.40 bits per heavy atom. The normalized spacial score (nSPS) is 11.5. The van der Waals surface area contributed by atoms with Gasteiger partial charge in [0.05, 0.1) is 0 Å². The minimum atomic E-state index is -0.279. The summed E-state index contributed by atoms with van der Waals surface area (Å²) in [5.74, 6) is 3.72. The minimum Gasteiger partial charge on any atom is -0.461 e. The van der Waals surface area contributed by atoms with Gasteiger partial charge in [-0.3, -0.25) is 0 Å². The zero-order valence-corrected chi connectivity index (χ0v) is 9.03. The summed E-state index contributed by atoms with van der Waals surface area (Å²) < 4.78 is 5.36. The van der Waals surface area contributed by atoms with Gasteiger partial charge in [0.25, 0.3) is 0 Å². The number of rotatable bonds is 5. The molecule has 0 bridgehead atoms. The van der Waals surface area contributed by atoms with Crippen molar-refractivity contribution in [3.63, 3.8) is 0 Å². The van der Waals surface area contributed by atoms with E-state index in [4.69, 9.17) is 11.2 Å². The summed E-state index contributed by atoms with van der Waals surface area (Å²) in [5, 5.41) is 3.14. The van der Waals surface area contributed by atoms with E-state index in [2.05, 4.69) is 28.1 Å². The van der Waals surface area contributed by atoms with Crippen molar-refractivity contribution in [2.75, 3.05) is 11.9 Å². The quantitative estimate of drug-likeness (QED) is 0.743. The number of anilines is 1. The topological polar surface area (TPSA) is 47.0 Å². The van der Waals surface area contributed by atoms with Gasteiger partial charge < -0.3 is 10.1 Å². The van der Waals surface area contributed by atoms with Gasteiger partial charge in [-0.1, -0.05) is 12.8 Å². The number of nitrogens with one attached hydrogen (secondary N) is 1. The molecule has 1 heterocycles. The fourth-order valence-corrected chi connectivity index (χ4v) is 0.969. The van der Waals surface area contributed by atoms with Crippen LogP contribution >= 0.6 is 0 Å². The van der Waals surface area contributed by atoms with E-state index in [0.717, 1.165) is 18.8 Å². The van der Waals surface area contributed by atoms with E-state index in [1.165, 1.54) is 6.33 Å². The maximum Gasteiger partial charge on any atom is 0.219 e. The van der Waals surface area contributed by atoms with Gasteiger partial charge in [-0.25, -0.2) is 9.97 Å². The highest BCUT2D eigenvalue weighted by Gasteiger charge is 2.02. The molecule has 1 aromatic rings. The summed E-state index contributed by atoms with van der Waals surface area (Å²) in [6, 6.07) is 1.74. The van der Waals surface area contributed by atoms with Crippen LogP contribution in [-0.4, -0.2) is 22.6 Å². The van der Waals surface area contributed by atoms with Crippen molar-refractivity contribution in [1.82, 2.24) is 9.97 Å². The number of aromatic nitrogens is 2. The molecule has 0 saturated carbocycles. The summed E-state index contributed by atoms with van der Waals surface area (Å²) in [7, 11) is 0. The van der Waals surface area contributed by atoms with Gasteiger partial charge in [-0.2, -0.15) is 0 Å². The summed E-state index contributed by atoms with van der Waals surface area (Å²) in [6.07, 6.45) is 7.42. The monoisotopic (exact) mass is 205 g/mol. The highest BCUT2D eigenvalue weighted by molar-refractivity contribution is 5.37. The molecule has 0 radical (unpaired) electrons. The second kappa shape index (κ2) is 5.86. The SMILES string of the molecule is C#CC(C)Oc1cc(NCCC)ncn1. The Balaban J connectivity index is 2.62. The first-order valence-corrected chi connectivity index (χ1v) is 4.95. The minimum absolute atomic E-state index is 0.279. The van der Waals surface area contributed by atoms with Crippen molar-refractivity contribution < 1.29 is 4.74 Å². The standard InChI is InChI=1S/C11H15N3O/c1-4-6-12-10-7-11(14-8-13-10)15-9(3)5-2/h2,7-9H,4,6H2,1,3H3,(H,12,13,14). The van der Waals surface area contributed by atoms with Crippen molar-refractivity contribution in [3.8, 4) is 18.2 Å². The highest BCUT2D eigenvalue weighted by Crippen LogP contribution is 2.12. The summed E-state index contributed by atoms with van der Waals surface area (Å²) in [4.78, 5) is 8.02. The third kappa shape index (κ3) is 3.86. The van der Waals surface area contributed by atoms with Gasteiger partial charge in [-0.15, -0.1) is 6.42 Å². The lowest BCUT2D eigenvalue weighted by atomic mass is 10.4. The van der Waals surface area contributed by atoms with Gasteiger partial charge in [0.1, 0.15) is 12.1 Å². The summed E-state index contributed by atoms with van der Waals surface area (Å²) in [5.41, 5.74) is 0. The molecule has 1 N–H and O–H groups in total. The second-order valence-corrected chi connectivity index (χ2v) is 3.10. The average molecular weight is 205 g/mol. The molecule has 0 fully saturated rings. The van der Waals surface area contributed by atoms with E-state index in [-0.39, 0.29) is 6.10 Å². The molecule has 1 rings (SSSR count). The van der Waals surface area contributed by atoms with Gasteiger partial charge in [0.15, 0.2) is 6.10 Å². The Labute approximate surface area is 90.1 Å². The highest BCUT2D eigenvalue weighted by atomic mass is 16.5. The molecule has 1 atom stereocenters. The lowest BCUT2D eigenvalue weighted by Crippen LogP contribution is -2.10. The number of hydrogen-bond donors (Lipinski definition) is 1. The van der Waals surface area contributed by atoms with Gasteiger partial charge in [0.2, 0.25) is 5.88 Å². The molecular formula is C11H15N3O. The molecule has 0 aromatic carbocycles. The van der Waals surface area contributed by atoms with E-state index >= 15 is 0 Å². The predicted octanol–water partition coefficient (Wildman–Crippen LogP) is 1.70. The number of terminal acetylenes is 1. The molecule has 80 valence electrons. The smallest absolute Gasteiger partial charge is 0.219 e. The Hall–Kier alpha value is -1.76. The van der Waals surface area contributed by atoms with Crippen LogP contribution in [0, 0.1) is 12.3 Å². The molecule has 1 aromatic heterocycles.